The van der Waals surface area contributed by atoms with Crippen molar-refractivity contribution >= 4 is 11.6 Å². The number of aromatic nitrogens is 2. The molecule has 11 nitrogen and oxygen atoms in total. The van der Waals surface area contributed by atoms with Crippen molar-refractivity contribution in [2.75, 3.05) is 58.5 Å². The first-order valence-corrected chi connectivity index (χ1v) is 9.48. The summed E-state index contributed by atoms with van der Waals surface area (Å²) in [6.07, 6.45) is -0.681. The Hall–Kier alpha value is -3.18. The lowest BCUT2D eigenvalue weighted by Crippen LogP contribution is -2.49. The summed E-state index contributed by atoms with van der Waals surface area (Å²) in [5.74, 6) is 1.91. The van der Waals surface area contributed by atoms with Gasteiger partial charge in [-0.2, -0.15) is 9.97 Å². The molecule has 1 fully saturated rings. The van der Waals surface area contributed by atoms with Gasteiger partial charge in [0.05, 0.1) is 25.2 Å². The molecule has 2 aromatic rings. The third kappa shape index (κ3) is 5.67. The van der Waals surface area contributed by atoms with Gasteiger partial charge < -0.3 is 24.2 Å². The number of methoxy groups -OCH3 is 2. The predicted molar refractivity (Wildman–Crippen MR) is 108 cm³/mol. The summed E-state index contributed by atoms with van der Waals surface area (Å²) in [5.41, 5.74) is -0.00148. The molecule has 1 aromatic carbocycles. The van der Waals surface area contributed by atoms with Crippen LogP contribution >= 0.6 is 0 Å². The van der Waals surface area contributed by atoms with E-state index in [9.17, 15) is 15.2 Å². The molecule has 0 amide bonds. The first-order valence-electron chi connectivity index (χ1n) is 9.48. The fraction of sp³-hybridized carbons (Fsp3) is 0.474. The van der Waals surface area contributed by atoms with Crippen LogP contribution in [-0.2, 0) is 0 Å². The molecule has 0 bridgehead atoms. The van der Waals surface area contributed by atoms with Crippen LogP contribution in [0.2, 0.25) is 0 Å². The van der Waals surface area contributed by atoms with Crippen molar-refractivity contribution in [1.29, 1.82) is 0 Å². The van der Waals surface area contributed by atoms with Crippen LogP contribution in [0.15, 0.2) is 30.3 Å². The number of benzene rings is 1. The number of hydrogen-bond acceptors (Lipinski definition) is 10. The van der Waals surface area contributed by atoms with Gasteiger partial charge in [0.2, 0.25) is 17.7 Å². The van der Waals surface area contributed by atoms with Gasteiger partial charge in [-0.1, -0.05) is 0 Å². The van der Waals surface area contributed by atoms with Crippen LogP contribution in [0, 0.1) is 10.1 Å². The Morgan fingerprint density at radius 2 is 1.70 bits per heavy atom. The highest BCUT2D eigenvalue weighted by atomic mass is 16.6. The Labute approximate surface area is 174 Å². The minimum atomic E-state index is -0.681. The Balaban J connectivity index is 1.45. The molecule has 1 atom stereocenters. The predicted octanol–water partition coefficient (Wildman–Crippen LogP) is 0.964. The number of hydrogen-bond donors (Lipinski definition) is 1. The topological polar surface area (TPSA) is 123 Å². The molecule has 0 radical (unpaired) electrons. The van der Waals surface area contributed by atoms with Crippen LogP contribution in [0.1, 0.15) is 0 Å². The van der Waals surface area contributed by atoms with Crippen molar-refractivity contribution in [3.05, 3.63) is 40.4 Å². The van der Waals surface area contributed by atoms with Crippen LogP contribution in [0.25, 0.3) is 0 Å². The van der Waals surface area contributed by atoms with Crippen molar-refractivity contribution in [2.24, 2.45) is 0 Å². The van der Waals surface area contributed by atoms with Crippen LogP contribution in [-0.4, -0.2) is 84.6 Å². The first-order chi connectivity index (χ1) is 14.5. The zero-order valence-corrected chi connectivity index (χ0v) is 16.9. The van der Waals surface area contributed by atoms with E-state index < -0.39 is 11.0 Å². The van der Waals surface area contributed by atoms with Crippen molar-refractivity contribution in [2.45, 2.75) is 6.10 Å². The number of ether oxygens (including phenoxy) is 3. The van der Waals surface area contributed by atoms with E-state index in [1.165, 1.54) is 24.3 Å². The summed E-state index contributed by atoms with van der Waals surface area (Å²) in [4.78, 5) is 23.1. The molecule has 1 saturated heterocycles. The summed E-state index contributed by atoms with van der Waals surface area (Å²) in [6, 6.07) is 7.41. The normalized spacial score (nSPS) is 15.5. The molecule has 1 aliphatic heterocycles. The Morgan fingerprint density at radius 3 is 2.23 bits per heavy atom. The molecular formula is C19H25N5O6. The molecule has 0 spiro atoms. The number of piperazine rings is 1. The number of anilines is 1. The van der Waals surface area contributed by atoms with Gasteiger partial charge in [-0.25, -0.2) is 0 Å². The minimum Gasteiger partial charge on any atom is -0.491 e. The molecule has 1 N–H and O–H groups in total. The fourth-order valence-corrected chi connectivity index (χ4v) is 3.08. The molecular weight excluding hydrogens is 394 g/mol. The Kier molecular flexibility index (Phi) is 7.20. The first kappa shape index (κ1) is 21.5. The van der Waals surface area contributed by atoms with E-state index in [-0.39, 0.29) is 12.3 Å². The van der Waals surface area contributed by atoms with Crippen LogP contribution in [0.5, 0.6) is 17.5 Å². The third-order valence-electron chi connectivity index (χ3n) is 4.70. The van der Waals surface area contributed by atoms with Gasteiger partial charge in [0.1, 0.15) is 18.5 Å². The monoisotopic (exact) mass is 419 g/mol. The van der Waals surface area contributed by atoms with Crippen LogP contribution in [0.3, 0.4) is 0 Å². The van der Waals surface area contributed by atoms with E-state index in [1.807, 2.05) is 4.90 Å². The van der Waals surface area contributed by atoms with Gasteiger partial charge >= 0.3 is 0 Å². The maximum atomic E-state index is 10.7. The van der Waals surface area contributed by atoms with E-state index in [0.29, 0.717) is 43.1 Å². The average Bonchev–Trinajstić information content (AvgIpc) is 2.78. The molecule has 2 heterocycles. The van der Waals surface area contributed by atoms with E-state index >= 15 is 0 Å². The van der Waals surface area contributed by atoms with E-state index in [1.54, 1.807) is 20.3 Å². The molecule has 1 aromatic heterocycles. The summed E-state index contributed by atoms with van der Waals surface area (Å²) < 4.78 is 15.9. The maximum absolute atomic E-state index is 10.7. The number of rotatable bonds is 9. The second-order valence-electron chi connectivity index (χ2n) is 6.76. The molecule has 3 rings (SSSR count). The van der Waals surface area contributed by atoms with Gasteiger partial charge in [0, 0.05) is 44.9 Å². The van der Waals surface area contributed by atoms with Gasteiger partial charge in [-0.05, 0) is 12.1 Å². The van der Waals surface area contributed by atoms with E-state index in [4.69, 9.17) is 14.2 Å². The van der Waals surface area contributed by atoms with E-state index in [0.717, 1.165) is 13.1 Å². The summed E-state index contributed by atoms with van der Waals surface area (Å²) >= 11 is 0. The summed E-state index contributed by atoms with van der Waals surface area (Å²) in [6.45, 7) is 3.44. The van der Waals surface area contributed by atoms with Gasteiger partial charge in [0.15, 0.2) is 0 Å². The van der Waals surface area contributed by atoms with Gasteiger partial charge in [0.25, 0.3) is 5.69 Å². The lowest BCUT2D eigenvalue weighted by molar-refractivity contribution is -0.384. The SMILES string of the molecule is COc1cc(OC)nc(N2CCN(CC(O)COc3ccc([N+](=O)[O-])cc3)CC2)n1. The number of β-amino-alcohol motifs (C(OH)–C–C–N with tert-alkyl or cyclic N) is 1. The van der Waals surface area contributed by atoms with Crippen molar-refractivity contribution in [3.63, 3.8) is 0 Å². The highest BCUT2D eigenvalue weighted by molar-refractivity contribution is 5.37. The van der Waals surface area contributed by atoms with Gasteiger partial charge in [-0.3, -0.25) is 15.0 Å². The zero-order chi connectivity index (χ0) is 21.5. The van der Waals surface area contributed by atoms with Crippen molar-refractivity contribution in [1.82, 2.24) is 14.9 Å². The number of nitro groups is 1. The fourth-order valence-electron chi connectivity index (χ4n) is 3.08. The molecule has 1 aliphatic rings. The number of non-ortho nitro benzene ring substituents is 1. The highest BCUT2D eigenvalue weighted by Crippen LogP contribution is 2.21. The average molecular weight is 419 g/mol. The standard InChI is InChI=1S/C19H25N5O6/c1-28-17-11-18(29-2)21-19(20-17)23-9-7-22(8-10-23)12-15(25)13-30-16-5-3-14(4-6-16)24(26)27/h3-6,11,15,25H,7-10,12-13H2,1-2H3. The summed E-state index contributed by atoms with van der Waals surface area (Å²) in [5, 5.41) is 21.0. The highest BCUT2D eigenvalue weighted by Gasteiger charge is 2.22. The molecule has 0 aliphatic carbocycles. The number of nitrogens with zero attached hydrogens (tertiary/aromatic N) is 5. The third-order valence-corrected chi connectivity index (χ3v) is 4.70. The second-order valence-corrected chi connectivity index (χ2v) is 6.76. The van der Waals surface area contributed by atoms with Crippen molar-refractivity contribution < 1.29 is 24.2 Å². The lowest BCUT2D eigenvalue weighted by atomic mass is 10.2. The Bertz CT molecular complexity index is 820. The zero-order valence-electron chi connectivity index (χ0n) is 16.9. The Morgan fingerprint density at radius 1 is 1.10 bits per heavy atom. The molecule has 0 saturated carbocycles. The molecule has 11 heteroatoms. The van der Waals surface area contributed by atoms with E-state index in [2.05, 4.69) is 14.9 Å². The number of aliphatic hydroxyl groups is 1. The number of nitro benzene ring substituents is 1. The largest absolute Gasteiger partial charge is 0.491 e. The van der Waals surface area contributed by atoms with Gasteiger partial charge in [-0.15, -0.1) is 0 Å². The van der Waals surface area contributed by atoms with Crippen LogP contribution in [0.4, 0.5) is 11.6 Å². The second kappa shape index (κ2) is 10.0. The minimum absolute atomic E-state index is 0.00148. The number of aliphatic hydroxyl groups excluding tert-OH is 1. The maximum Gasteiger partial charge on any atom is 0.269 e. The van der Waals surface area contributed by atoms with Crippen molar-refractivity contribution in [3.8, 4) is 17.5 Å². The van der Waals surface area contributed by atoms with Crippen LogP contribution < -0.4 is 19.1 Å². The summed E-state index contributed by atoms with van der Waals surface area (Å²) in [7, 11) is 3.09. The molecule has 1 unspecified atom stereocenters. The quantitative estimate of drug-likeness (QED) is 0.464. The lowest BCUT2D eigenvalue weighted by Gasteiger charge is -2.35. The smallest absolute Gasteiger partial charge is 0.269 e. The molecule has 162 valence electrons. The molecule has 30 heavy (non-hydrogen) atoms.